The van der Waals surface area contributed by atoms with Crippen molar-refractivity contribution in [2.24, 2.45) is 5.73 Å². The van der Waals surface area contributed by atoms with Crippen molar-refractivity contribution in [1.82, 2.24) is 0 Å². The Labute approximate surface area is 94.8 Å². The molecule has 0 aliphatic rings. The van der Waals surface area contributed by atoms with Gasteiger partial charge in [-0.3, -0.25) is 5.32 Å². The number of hydrogen-bond donors (Lipinski definition) is 2. The molecular weight excluding hydrogens is 204 g/mol. The van der Waals surface area contributed by atoms with Crippen molar-refractivity contribution in [3.8, 4) is 11.8 Å². The number of benzene rings is 1. The van der Waals surface area contributed by atoms with Crippen LogP contribution in [0.15, 0.2) is 18.2 Å². The van der Waals surface area contributed by atoms with E-state index in [0.29, 0.717) is 12.2 Å². The molecule has 0 fully saturated rings. The van der Waals surface area contributed by atoms with Gasteiger partial charge in [0.25, 0.3) is 0 Å². The molecule has 1 rings (SSSR count). The maximum atomic E-state index is 11.0. The summed E-state index contributed by atoms with van der Waals surface area (Å²) in [5, 5.41) is 2.58. The van der Waals surface area contributed by atoms with Gasteiger partial charge in [-0.15, -0.1) is 0 Å². The lowest BCUT2D eigenvalue weighted by Gasteiger charge is -2.05. The minimum Gasteiger partial charge on any atom is -0.453 e. The van der Waals surface area contributed by atoms with Crippen LogP contribution in [-0.2, 0) is 4.74 Å². The molecule has 0 unspecified atom stereocenters. The molecule has 0 aromatic heterocycles. The maximum absolute atomic E-state index is 11.0. The number of rotatable bonds is 1. The minimum atomic E-state index is -0.499. The summed E-state index contributed by atoms with van der Waals surface area (Å²) in [5.74, 6) is 5.71. The monoisotopic (exact) mass is 218 g/mol. The van der Waals surface area contributed by atoms with Gasteiger partial charge in [0.15, 0.2) is 0 Å². The first-order valence-electron chi connectivity index (χ1n) is 4.82. The van der Waals surface area contributed by atoms with Crippen LogP contribution in [0.3, 0.4) is 0 Å². The number of nitrogens with one attached hydrogen (secondary N) is 1. The fourth-order valence-corrected chi connectivity index (χ4v) is 1.15. The number of nitrogens with two attached hydrogens (primary N) is 1. The quantitative estimate of drug-likeness (QED) is 0.702. The largest absolute Gasteiger partial charge is 0.453 e. The Morgan fingerprint density at radius 3 is 2.94 bits per heavy atom. The van der Waals surface area contributed by atoms with Gasteiger partial charge in [0, 0.05) is 11.3 Å². The summed E-state index contributed by atoms with van der Waals surface area (Å²) >= 11 is 0. The summed E-state index contributed by atoms with van der Waals surface area (Å²) in [5.41, 5.74) is 7.84. The maximum Gasteiger partial charge on any atom is 0.411 e. The number of aryl methyl sites for hydroxylation is 1. The molecule has 0 heterocycles. The van der Waals surface area contributed by atoms with Crippen molar-refractivity contribution in [2.45, 2.75) is 6.92 Å². The van der Waals surface area contributed by atoms with E-state index >= 15 is 0 Å². The zero-order valence-electron chi connectivity index (χ0n) is 9.33. The van der Waals surface area contributed by atoms with Gasteiger partial charge in [-0.05, 0) is 24.6 Å². The Morgan fingerprint density at radius 2 is 2.31 bits per heavy atom. The Hall–Kier alpha value is -1.99. The number of hydrogen-bond acceptors (Lipinski definition) is 3. The number of amides is 1. The summed E-state index contributed by atoms with van der Waals surface area (Å²) < 4.78 is 4.50. The van der Waals surface area contributed by atoms with E-state index in [1.807, 2.05) is 13.0 Å². The number of carbonyl (C=O) groups excluding carboxylic acids is 1. The third kappa shape index (κ3) is 3.30. The van der Waals surface area contributed by atoms with Crippen molar-refractivity contribution < 1.29 is 9.53 Å². The zero-order valence-corrected chi connectivity index (χ0v) is 9.33. The Morgan fingerprint density at radius 1 is 1.56 bits per heavy atom. The van der Waals surface area contributed by atoms with Crippen molar-refractivity contribution >= 4 is 11.8 Å². The molecule has 0 aliphatic carbocycles. The molecule has 0 saturated carbocycles. The molecule has 0 saturated heterocycles. The first-order chi connectivity index (χ1) is 7.67. The second kappa shape index (κ2) is 5.79. The van der Waals surface area contributed by atoms with Gasteiger partial charge in [-0.2, -0.15) is 0 Å². The molecule has 16 heavy (non-hydrogen) atoms. The highest BCUT2D eigenvalue weighted by atomic mass is 16.5. The van der Waals surface area contributed by atoms with Crippen LogP contribution in [0.2, 0.25) is 0 Å². The van der Waals surface area contributed by atoms with Crippen molar-refractivity contribution in [1.29, 1.82) is 0 Å². The minimum absolute atomic E-state index is 0.314. The number of methoxy groups -OCH3 is 1. The molecule has 0 bridgehead atoms. The van der Waals surface area contributed by atoms with Crippen molar-refractivity contribution in [3.63, 3.8) is 0 Å². The molecule has 1 aromatic carbocycles. The molecule has 0 radical (unpaired) electrons. The van der Waals surface area contributed by atoms with E-state index < -0.39 is 6.09 Å². The van der Waals surface area contributed by atoms with E-state index in [-0.39, 0.29) is 0 Å². The molecule has 0 spiro atoms. The number of ether oxygens (including phenoxy) is 1. The highest BCUT2D eigenvalue weighted by Crippen LogP contribution is 2.14. The number of carbonyl (C=O) groups is 1. The lowest BCUT2D eigenvalue weighted by molar-refractivity contribution is 0.187. The fourth-order valence-electron chi connectivity index (χ4n) is 1.15. The van der Waals surface area contributed by atoms with Crippen LogP contribution in [0.1, 0.15) is 11.1 Å². The summed E-state index contributed by atoms with van der Waals surface area (Å²) in [6, 6.07) is 5.46. The molecular formula is C12H14N2O2. The smallest absolute Gasteiger partial charge is 0.411 e. The Balaban J connectivity index is 2.93. The van der Waals surface area contributed by atoms with E-state index in [1.165, 1.54) is 7.11 Å². The first kappa shape index (κ1) is 12.1. The third-order valence-electron chi connectivity index (χ3n) is 1.99. The van der Waals surface area contributed by atoms with Gasteiger partial charge in [0.1, 0.15) is 0 Å². The van der Waals surface area contributed by atoms with Gasteiger partial charge in [-0.25, -0.2) is 4.79 Å². The van der Waals surface area contributed by atoms with Crippen LogP contribution in [0, 0.1) is 18.8 Å². The lowest BCUT2D eigenvalue weighted by atomic mass is 10.1. The van der Waals surface area contributed by atoms with Gasteiger partial charge >= 0.3 is 6.09 Å². The van der Waals surface area contributed by atoms with Crippen LogP contribution < -0.4 is 11.1 Å². The van der Waals surface area contributed by atoms with E-state index in [9.17, 15) is 4.79 Å². The summed E-state index contributed by atoms with van der Waals surface area (Å²) in [6.07, 6.45) is -0.499. The predicted octanol–water partition coefficient (Wildman–Crippen LogP) is 1.48. The fraction of sp³-hybridized carbons (Fsp3) is 0.250. The SMILES string of the molecule is COC(=O)Nc1ccc(C)c(C#CCN)c1. The highest BCUT2D eigenvalue weighted by Gasteiger charge is 2.02. The molecule has 84 valence electrons. The van der Waals surface area contributed by atoms with E-state index in [1.54, 1.807) is 12.1 Å². The molecule has 4 nitrogen and oxygen atoms in total. The molecule has 4 heteroatoms. The van der Waals surface area contributed by atoms with Crippen LogP contribution in [0.4, 0.5) is 10.5 Å². The molecule has 1 aromatic rings. The highest BCUT2D eigenvalue weighted by molar-refractivity contribution is 5.84. The molecule has 0 atom stereocenters. The molecule has 0 aliphatic heterocycles. The van der Waals surface area contributed by atoms with Gasteiger partial charge in [-0.1, -0.05) is 17.9 Å². The normalized spacial score (nSPS) is 8.94. The second-order valence-electron chi connectivity index (χ2n) is 3.15. The first-order valence-corrected chi connectivity index (χ1v) is 4.82. The van der Waals surface area contributed by atoms with E-state index in [0.717, 1.165) is 11.1 Å². The van der Waals surface area contributed by atoms with Crippen molar-refractivity contribution in [3.05, 3.63) is 29.3 Å². The van der Waals surface area contributed by atoms with Gasteiger partial charge in [0.2, 0.25) is 0 Å². The topological polar surface area (TPSA) is 64.3 Å². The zero-order chi connectivity index (χ0) is 12.0. The summed E-state index contributed by atoms with van der Waals surface area (Å²) in [6.45, 7) is 2.26. The van der Waals surface area contributed by atoms with Crippen LogP contribution in [0.25, 0.3) is 0 Å². The van der Waals surface area contributed by atoms with Gasteiger partial charge in [0.05, 0.1) is 13.7 Å². The Kier molecular flexibility index (Phi) is 4.37. The van der Waals surface area contributed by atoms with Gasteiger partial charge < -0.3 is 10.5 Å². The van der Waals surface area contributed by atoms with E-state index in [4.69, 9.17) is 5.73 Å². The average Bonchev–Trinajstić information content (AvgIpc) is 2.29. The van der Waals surface area contributed by atoms with Crippen molar-refractivity contribution in [2.75, 3.05) is 19.0 Å². The Bertz CT molecular complexity index is 444. The summed E-state index contributed by atoms with van der Waals surface area (Å²) in [4.78, 5) is 11.0. The van der Waals surface area contributed by atoms with Crippen LogP contribution in [-0.4, -0.2) is 19.7 Å². The third-order valence-corrected chi connectivity index (χ3v) is 1.99. The van der Waals surface area contributed by atoms with E-state index in [2.05, 4.69) is 21.9 Å². The van der Waals surface area contributed by atoms with Crippen LogP contribution in [0.5, 0.6) is 0 Å². The summed E-state index contributed by atoms with van der Waals surface area (Å²) in [7, 11) is 1.32. The second-order valence-corrected chi connectivity index (χ2v) is 3.15. The number of anilines is 1. The standard InChI is InChI=1S/C12H14N2O2/c1-9-5-6-11(14-12(15)16-2)8-10(9)4-3-7-13/h5-6,8H,7,13H2,1-2H3,(H,14,15). The predicted molar refractivity (Wildman–Crippen MR) is 63.1 cm³/mol. The molecule has 3 N–H and O–H groups in total. The lowest BCUT2D eigenvalue weighted by Crippen LogP contribution is -2.11. The average molecular weight is 218 g/mol. The van der Waals surface area contributed by atoms with Crippen LogP contribution >= 0.6 is 0 Å². The molecule has 1 amide bonds.